The Morgan fingerprint density at radius 1 is 1.26 bits per heavy atom. The number of anilines is 3. The number of aliphatic hydroxyl groups is 1. The SMILES string of the molecule is C=CCN1C(=O)[C@@]2(O[C@@H](CC(=O)N3CCC[C@H]3CO)[C@H]([Si](C)(C)F)[C@H]2C)c2cc(NC(=O)c3ccc(N)cc3)ccc21. The van der Waals surface area contributed by atoms with Crippen molar-refractivity contribution in [2.45, 2.75) is 62.6 Å². The molecule has 224 valence electrons. The monoisotopic (exact) mass is 594 g/mol. The summed E-state index contributed by atoms with van der Waals surface area (Å²) in [5, 5.41) is 12.7. The van der Waals surface area contributed by atoms with Crippen LogP contribution >= 0.6 is 0 Å². The van der Waals surface area contributed by atoms with Crippen LogP contribution in [0, 0.1) is 5.92 Å². The Hall–Kier alpha value is -3.54. The zero-order valence-corrected chi connectivity index (χ0v) is 25.3. The summed E-state index contributed by atoms with van der Waals surface area (Å²) in [7, 11) is -3.47. The molecular formula is C31H39FN4O5Si. The van der Waals surface area contributed by atoms with Crippen LogP contribution in [0.5, 0.6) is 0 Å². The van der Waals surface area contributed by atoms with E-state index in [-0.39, 0.29) is 43.3 Å². The van der Waals surface area contributed by atoms with Crippen molar-refractivity contribution >= 4 is 43.2 Å². The van der Waals surface area contributed by atoms with Gasteiger partial charge in [-0.3, -0.25) is 14.4 Å². The fraction of sp³-hybridized carbons (Fsp3) is 0.452. The van der Waals surface area contributed by atoms with Gasteiger partial charge in [-0.05, 0) is 68.4 Å². The van der Waals surface area contributed by atoms with Crippen molar-refractivity contribution in [3.63, 3.8) is 0 Å². The molecule has 0 radical (unpaired) electrons. The Morgan fingerprint density at radius 2 is 1.98 bits per heavy atom. The lowest BCUT2D eigenvalue weighted by molar-refractivity contribution is -0.149. The summed E-state index contributed by atoms with van der Waals surface area (Å²) in [5.41, 5.74) is 6.11. The maximum absolute atomic E-state index is 16.1. The van der Waals surface area contributed by atoms with Gasteiger partial charge in [-0.15, -0.1) is 6.58 Å². The van der Waals surface area contributed by atoms with E-state index < -0.39 is 31.6 Å². The van der Waals surface area contributed by atoms with Gasteiger partial charge in [0.05, 0.1) is 30.9 Å². The van der Waals surface area contributed by atoms with E-state index in [1.807, 2.05) is 6.92 Å². The predicted molar refractivity (Wildman–Crippen MR) is 162 cm³/mol. The first kappa shape index (κ1) is 29.9. The molecule has 2 saturated heterocycles. The molecule has 0 bridgehead atoms. The van der Waals surface area contributed by atoms with Gasteiger partial charge in [-0.1, -0.05) is 13.0 Å². The van der Waals surface area contributed by atoms with Crippen molar-refractivity contribution in [1.82, 2.24) is 4.90 Å². The van der Waals surface area contributed by atoms with Crippen LogP contribution < -0.4 is 16.0 Å². The van der Waals surface area contributed by atoms with Crippen molar-refractivity contribution in [2.24, 2.45) is 5.92 Å². The minimum Gasteiger partial charge on any atom is -0.399 e. The summed E-state index contributed by atoms with van der Waals surface area (Å²) in [5.74, 6) is -1.47. The highest BCUT2D eigenvalue weighted by Crippen LogP contribution is 2.60. The normalized spacial score (nSPS) is 27.0. The molecule has 3 amide bonds. The number of nitrogens with one attached hydrogen (secondary N) is 1. The van der Waals surface area contributed by atoms with Crippen molar-refractivity contribution in [2.75, 3.05) is 35.6 Å². The largest absolute Gasteiger partial charge is 0.399 e. The van der Waals surface area contributed by atoms with Gasteiger partial charge in [-0.2, -0.15) is 0 Å². The molecule has 3 aliphatic heterocycles. The number of ether oxygens (including phenoxy) is 1. The Balaban J connectivity index is 1.53. The molecule has 0 aliphatic carbocycles. The average Bonchev–Trinajstić information content (AvgIpc) is 3.60. The van der Waals surface area contributed by atoms with Crippen LogP contribution in [0.25, 0.3) is 0 Å². The maximum atomic E-state index is 16.1. The second-order valence-corrected chi connectivity index (χ2v) is 15.8. The smallest absolute Gasteiger partial charge is 0.264 e. The standard InChI is InChI=1S/C31H39FN4O5Si/c1-5-14-36-25-13-12-22(34-29(39)20-8-10-21(33)11-9-20)16-24(25)31(30(36)40)19(2)28(42(3,4)32)26(41-31)17-27(38)35-15-6-7-23(35)18-37/h5,8-13,16,19,23,26,28,37H,1,6-7,14-15,17-18,33H2,2-4H3,(H,34,39)/t19-,23+,26+,28-,31+/m1/s1. The Morgan fingerprint density at radius 3 is 2.62 bits per heavy atom. The van der Waals surface area contributed by atoms with Crippen LogP contribution in [0.4, 0.5) is 21.2 Å². The highest BCUT2D eigenvalue weighted by atomic mass is 28.4. The predicted octanol–water partition coefficient (Wildman–Crippen LogP) is 4.20. The summed E-state index contributed by atoms with van der Waals surface area (Å²) >= 11 is 0. The number of aliphatic hydroxyl groups excluding tert-OH is 1. The second kappa shape index (κ2) is 11.3. The quantitative estimate of drug-likeness (QED) is 0.182. The first-order valence-electron chi connectivity index (χ1n) is 14.4. The molecular weight excluding hydrogens is 555 g/mol. The van der Waals surface area contributed by atoms with E-state index in [9.17, 15) is 19.5 Å². The number of nitrogens with two attached hydrogens (primary N) is 1. The van der Waals surface area contributed by atoms with E-state index in [2.05, 4.69) is 11.9 Å². The molecule has 3 aliphatic rings. The lowest BCUT2D eigenvalue weighted by Gasteiger charge is -2.31. The molecule has 5 atom stereocenters. The number of carbonyl (C=O) groups excluding carboxylic acids is 3. The fourth-order valence-corrected chi connectivity index (χ4v) is 9.61. The van der Waals surface area contributed by atoms with Gasteiger partial charge >= 0.3 is 0 Å². The minimum atomic E-state index is -3.47. The van der Waals surface area contributed by atoms with E-state index in [1.54, 1.807) is 71.4 Å². The van der Waals surface area contributed by atoms with Gasteiger partial charge in [-0.25, -0.2) is 0 Å². The third-order valence-corrected chi connectivity index (χ3v) is 11.4. The van der Waals surface area contributed by atoms with E-state index in [0.29, 0.717) is 41.2 Å². The van der Waals surface area contributed by atoms with E-state index in [0.717, 1.165) is 6.42 Å². The van der Waals surface area contributed by atoms with Crippen LogP contribution in [0.2, 0.25) is 18.6 Å². The number of nitrogen functional groups attached to an aromatic ring is 1. The number of likely N-dealkylation sites (tertiary alicyclic amines) is 1. The number of fused-ring (bicyclic) bond motifs is 2. The average molecular weight is 595 g/mol. The lowest BCUT2D eigenvalue weighted by atomic mass is 9.82. The van der Waals surface area contributed by atoms with Crippen LogP contribution in [-0.2, 0) is 19.9 Å². The topological polar surface area (TPSA) is 125 Å². The Labute approximate surface area is 246 Å². The zero-order valence-electron chi connectivity index (χ0n) is 24.3. The molecule has 5 rings (SSSR count). The Kier molecular flexibility index (Phi) is 8.03. The first-order chi connectivity index (χ1) is 19.9. The summed E-state index contributed by atoms with van der Waals surface area (Å²) in [4.78, 5) is 43.9. The van der Waals surface area contributed by atoms with Crippen LogP contribution in [0.1, 0.15) is 42.1 Å². The highest BCUT2D eigenvalue weighted by Gasteiger charge is 2.67. The number of amides is 3. The second-order valence-electron chi connectivity index (χ2n) is 12.1. The number of halogens is 1. The van der Waals surface area contributed by atoms with Gasteiger partial charge in [0.15, 0.2) is 5.60 Å². The van der Waals surface area contributed by atoms with Gasteiger partial charge < -0.3 is 34.8 Å². The molecule has 4 N–H and O–H groups in total. The zero-order chi connectivity index (χ0) is 30.4. The number of benzene rings is 2. The maximum Gasteiger partial charge on any atom is 0.264 e. The first-order valence-corrected chi connectivity index (χ1v) is 17.4. The summed E-state index contributed by atoms with van der Waals surface area (Å²) in [6.07, 6.45) is 2.22. The van der Waals surface area contributed by atoms with Gasteiger partial charge in [0.25, 0.3) is 11.8 Å². The highest BCUT2D eigenvalue weighted by molar-refractivity contribution is 6.72. The fourth-order valence-electron chi connectivity index (χ4n) is 7.12. The third-order valence-electron chi connectivity index (χ3n) is 8.99. The lowest BCUT2D eigenvalue weighted by Crippen LogP contribution is -2.45. The number of hydrogen-bond acceptors (Lipinski definition) is 6. The molecule has 11 heteroatoms. The van der Waals surface area contributed by atoms with Crippen LogP contribution in [0.3, 0.4) is 0 Å². The molecule has 0 unspecified atom stereocenters. The molecule has 9 nitrogen and oxygen atoms in total. The number of hydrogen-bond donors (Lipinski definition) is 3. The van der Waals surface area contributed by atoms with Crippen molar-refractivity contribution < 1.29 is 28.3 Å². The van der Waals surface area contributed by atoms with Gasteiger partial charge in [0.1, 0.15) is 0 Å². The summed E-state index contributed by atoms with van der Waals surface area (Å²) in [6, 6.07) is 11.5. The molecule has 2 fully saturated rings. The third kappa shape index (κ3) is 5.03. The summed E-state index contributed by atoms with van der Waals surface area (Å²) in [6.45, 7) is 9.44. The number of nitrogens with zero attached hydrogens (tertiary/aromatic N) is 2. The Bertz CT molecular complexity index is 1400. The molecule has 2 aromatic rings. The van der Waals surface area contributed by atoms with Crippen molar-refractivity contribution in [1.29, 1.82) is 0 Å². The van der Waals surface area contributed by atoms with Crippen LogP contribution in [-0.4, -0.2) is 68.0 Å². The van der Waals surface area contributed by atoms with Crippen molar-refractivity contribution in [3.05, 3.63) is 66.2 Å². The van der Waals surface area contributed by atoms with Crippen LogP contribution in [0.15, 0.2) is 55.1 Å². The van der Waals surface area contributed by atoms with Gasteiger partial charge in [0.2, 0.25) is 14.3 Å². The van der Waals surface area contributed by atoms with E-state index >= 15 is 4.11 Å². The van der Waals surface area contributed by atoms with Crippen molar-refractivity contribution in [3.8, 4) is 0 Å². The number of carbonyl (C=O) groups is 3. The molecule has 1 spiro atoms. The summed E-state index contributed by atoms with van der Waals surface area (Å²) < 4.78 is 22.8. The molecule has 2 aromatic carbocycles. The minimum absolute atomic E-state index is 0.0781. The molecule has 42 heavy (non-hydrogen) atoms. The van der Waals surface area contributed by atoms with E-state index in [1.165, 1.54) is 0 Å². The molecule has 0 aromatic heterocycles. The molecule has 3 heterocycles. The van der Waals surface area contributed by atoms with E-state index in [4.69, 9.17) is 10.5 Å². The number of rotatable bonds is 8. The molecule has 0 saturated carbocycles. The van der Waals surface area contributed by atoms with Gasteiger partial charge in [0, 0.05) is 47.1 Å².